The van der Waals surface area contributed by atoms with Crippen molar-refractivity contribution in [3.05, 3.63) is 16.2 Å². The van der Waals surface area contributed by atoms with Crippen molar-refractivity contribution in [2.45, 2.75) is 4.21 Å². The third-order valence-corrected chi connectivity index (χ3v) is 4.99. The molecule has 0 saturated carbocycles. The van der Waals surface area contributed by atoms with E-state index in [-0.39, 0.29) is 9.90 Å². The zero-order valence-electron chi connectivity index (χ0n) is 8.92. The molecule has 0 aliphatic carbocycles. The van der Waals surface area contributed by atoms with Crippen LogP contribution < -0.4 is 9.62 Å². The molecule has 9 heteroatoms. The lowest BCUT2D eigenvalue weighted by atomic mass is 10.5. The van der Waals surface area contributed by atoms with Crippen LogP contribution in [0.3, 0.4) is 0 Å². The standard InChI is InChI=1S/C7H11N3O4S2/c1-8-16(13,14)6-4-5(10(11)12)7(15-6)9(2)3/h4,8H,1-3H3. The van der Waals surface area contributed by atoms with Crippen molar-refractivity contribution in [1.82, 2.24) is 4.72 Å². The van der Waals surface area contributed by atoms with Gasteiger partial charge in [0, 0.05) is 20.2 Å². The summed E-state index contributed by atoms with van der Waals surface area (Å²) in [5.74, 6) is 0. The van der Waals surface area contributed by atoms with Gasteiger partial charge in [0.1, 0.15) is 4.21 Å². The quantitative estimate of drug-likeness (QED) is 0.636. The van der Waals surface area contributed by atoms with Crippen molar-refractivity contribution in [2.75, 3.05) is 26.0 Å². The molecule has 0 amide bonds. The molecule has 0 unspecified atom stereocenters. The molecule has 0 fully saturated rings. The topological polar surface area (TPSA) is 92.5 Å². The van der Waals surface area contributed by atoms with Crippen molar-refractivity contribution in [3.63, 3.8) is 0 Å². The van der Waals surface area contributed by atoms with Gasteiger partial charge in [-0.25, -0.2) is 13.1 Å². The molecule has 1 N–H and O–H groups in total. The maximum Gasteiger partial charge on any atom is 0.305 e. The fourth-order valence-corrected chi connectivity index (χ4v) is 3.21. The number of hydrogen-bond donors (Lipinski definition) is 1. The van der Waals surface area contributed by atoms with E-state index in [0.29, 0.717) is 5.00 Å². The first-order chi connectivity index (χ1) is 7.29. The summed E-state index contributed by atoms with van der Waals surface area (Å²) < 4.78 is 25.0. The van der Waals surface area contributed by atoms with Crippen LogP contribution >= 0.6 is 11.3 Å². The lowest BCUT2D eigenvalue weighted by Crippen LogP contribution is -2.17. The predicted octanol–water partition coefficient (Wildman–Crippen LogP) is 0.630. The molecule has 0 aliphatic rings. The Morgan fingerprint density at radius 2 is 2.06 bits per heavy atom. The van der Waals surface area contributed by atoms with Crippen molar-refractivity contribution in [3.8, 4) is 0 Å². The molecule has 1 aromatic heterocycles. The van der Waals surface area contributed by atoms with Gasteiger partial charge in [-0.05, 0) is 7.05 Å². The molecule has 16 heavy (non-hydrogen) atoms. The van der Waals surface area contributed by atoms with Crippen molar-refractivity contribution in [2.24, 2.45) is 0 Å². The number of thiophene rings is 1. The van der Waals surface area contributed by atoms with Gasteiger partial charge in [-0.15, -0.1) is 0 Å². The van der Waals surface area contributed by atoms with Crippen LogP contribution in [0.15, 0.2) is 10.3 Å². The van der Waals surface area contributed by atoms with Gasteiger partial charge >= 0.3 is 5.69 Å². The normalized spacial score (nSPS) is 11.4. The summed E-state index contributed by atoms with van der Waals surface area (Å²) in [6.45, 7) is 0. The second-order valence-corrected chi connectivity index (χ2v) is 6.26. The molecule has 1 aromatic rings. The first-order valence-electron chi connectivity index (χ1n) is 4.18. The number of nitro groups is 1. The Morgan fingerprint density at radius 1 is 1.50 bits per heavy atom. The van der Waals surface area contributed by atoms with Gasteiger partial charge in [-0.3, -0.25) is 10.1 Å². The van der Waals surface area contributed by atoms with Crippen LogP contribution in [0.1, 0.15) is 0 Å². The van der Waals surface area contributed by atoms with E-state index in [1.807, 2.05) is 0 Å². The summed E-state index contributed by atoms with van der Waals surface area (Å²) in [7, 11) is 0.870. The number of sulfonamides is 1. The molecule has 0 aliphatic heterocycles. The molecule has 1 rings (SSSR count). The van der Waals surface area contributed by atoms with Gasteiger partial charge in [0.05, 0.1) is 4.92 Å². The SMILES string of the molecule is CNS(=O)(=O)c1cc([N+](=O)[O-])c(N(C)C)s1. The lowest BCUT2D eigenvalue weighted by Gasteiger charge is -2.07. The monoisotopic (exact) mass is 265 g/mol. The Bertz CT molecular complexity index is 506. The van der Waals surface area contributed by atoms with Gasteiger partial charge < -0.3 is 4.90 Å². The molecule has 0 atom stereocenters. The van der Waals surface area contributed by atoms with Crippen molar-refractivity contribution >= 4 is 32.0 Å². The largest absolute Gasteiger partial charge is 0.364 e. The maximum absolute atomic E-state index is 11.5. The molecular weight excluding hydrogens is 254 g/mol. The van der Waals surface area contributed by atoms with Crippen LogP contribution in [0.4, 0.5) is 10.7 Å². The molecule has 7 nitrogen and oxygen atoms in total. The number of nitrogens with zero attached hydrogens (tertiary/aromatic N) is 2. The Hall–Kier alpha value is -1.19. The lowest BCUT2D eigenvalue weighted by molar-refractivity contribution is -0.383. The van der Waals surface area contributed by atoms with E-state index >= 15 is 0 Å². The third-order valence-electron chi connectivity index (χ3n) is 1.81. The van der Waals surface area contributed by atoms with Gasteiger partial charge in [0.25, 0.3) is 0 Å². The highest BCUT2D eigenvalue weighted by Gasteiger charge is 2.26. The molecule has 0 saturated heterocycles. The molecule has 90 valence electrons. The highest BCUT2D eigenvalue weighted by Crippen LogP contribution is 2.38. The summed E-state index contributed by atoms with van der Waals surface area (Å²) in [6, 6.07) is 1.06. The van der Waals surface area contributed by atoms with Crippen LogP contribution in [0.5, 0.6) is 0 Å². The van der Waals surface area contributed by atoms with E-state index in [0.717, 1.165) is 17.4 Å². The molecule has 1 heterocycles. The minimum Gasteiger partial charge on any atom is -0.364 e. The Balaban J connectivity index is 3.38. The minimum absolute atomic E-state index is 0.0644. The van der Waals surface area contributed by atoms with Crippen molar-refractivity contribution in [1.29, 1.82) is 0 Å². The smallest absolute Gasteiger partial charge is 0.305 e. The van der Waals surface area contributed by atoms with Gasteiger partial charge in [-0.1, -0.05) is 11.3 Å². The van der Waals surface area contributed by atoms with Gasteiger partial charge in [0.2, 0.25) is 10.0 Å². The number of hydrogen-bond acceptors (Lipinski definition) is 6. The first-order valence-corrected chi connectivity index (χ1v) is 6.48. The summed E-state index contributed by atoms with van der Waals surface area (Å²) in [4.78, 5) is 11.6. The maximum atomic E-state index is 11.5. The van der Waals surface area contributed by atoms with Crippen LogP contribution in [-0.4, -0.2) is 34.5 Å². The highest BCUT2D eigenvalue weighted by atomic mass is 32.2. The summed E-state index contributed by atoms with van der Waals surface area (Å²) in [6.07, 6.45) is 0. The summed E-state index contributed by atoms with van der Waals surface area (Å²) in [5.41, 5.74) is -0.205. The summed E-state index contributed by atoms with van der Waals surface area (Å²) >= 11 is 0.861. The van der Waals surface area contributed by atoms with E-state index < -0.39 is 14.9 Å². The van der Waals surface area contributed by atoms with Crippen LogP contribution in [-0.2, 0) is 10.0 Å². The summed E-state index contributed by atoms with van der Waals surface area (Å²) in [5, 5.41) is 11.0. The van der Waals surface area contributed by atoms with Crippen molar-refractivity contribution < 1.29 is 13.3 Å². The van der Waals surface area contributed by atoms with E-state index in [4.69, 9.17) is 0 Å². The predicted molar refractivity (Wildman–Crippen MR) is 61.5 cm³/mol. The molecule has 0 radical (unpaired) electrons. The molecule has 0 aromatic carbocycles. The average Bonchev–Trinajstić information content (AvgIpc) is 2.62. The fourth-order valence-electron chi connectivity index (χ4n) is 1.03. The van der Waals surface area contributed by atoms with Gasteiger partial charge in [0.15, 0.2) is 5.00 Å². The first kappa shape index (κ1) is 12.9. The number of nitrogens with one attached hydrogen (secondary N) is 1. The zero-order valence-corrected chi connectivity index (χ0v) is 10.6. The number of rotatable bonds is 4. The fraction of sp³-hybridized carbons (Fsp3) is 0.429. The van der Waals surface area contributed by atoms with Crippen LogP contribution in [0, 0.1) is 10.1 Å². The second-order valence-electron chi connectivity index (χ2n) is 3.11. The Morgan fingerprint density at radius 3 is 2.38 bits per heavy atom. The van der Waals surface area contributed by atoms with Crippen LogP contribution in [0.2, 0.25) is 0 Å². The van der Waals surface area contributed by atoms with Gasteiger partial charge in [-0.2, -0.15) is 0 Å². The Labute approximate surface area is 96.9 Å². The van der Waals surface area contributed by atoms with E-state index in [2.05, 4.69) is 4.72 Å². The zero-order chi connectivity index (χ0) is 12.5. The van der Waals surface area contributed by atoms with E-state index in [1.54, 1.807) is 14.1 Å². The molecule has 0 bridgehead atoms. The average molecular weight is 265 g/mol. The van der Waals surface area contributed by atoms with Crippen LogP contribution in [0.25, 0.3) is 0 Å². The number of anilines is 1. The highest BCUT2D eigenvalue weighted by molar-refractivity contribution is 7.91. The van der Waals surface area contributed by atoms with E-state index in [9.17, 15) is 18.5 Å². The molecule has 0 spiro atoms. The Kier molecular flexibility index (Phi) is 3.51. The molecular formula is C7H11N3O4S2. The minimum atomic E-state index is -3.63. The second kappa shape index (κ2) is 4.36. The van der Waals surface area contributed by atoms with E-state index in [1.165, 1.54) is 11.9 Å². The third kappa shape index (κ3) is 2.31.